The lowest BCUT2D eigenvalue weighted by Gasteiger charge is -2.38. The van der Waals surface area contributed by atoms with E-state index in [1.165, 1.54) is 5.56 Å². The van der Waals surface area contributed by atoms with Gasteiger partial charge in [-0.3, -0.25) is 4.39 Å². The van der Waals surface area contributed by atoms with E-state index in [2.05, 4.69) is 64.0 Å². The Balaban J connectivity index is 2.90. The van der Waals surface area contributed by atoms with Crippen LogP contribution in [0.1, 0.15) is 45.6 Å². The lowest BCUT2D eigenvalue weighted by molar-refractivity contribution is 0.343. The summed E-state index contributed by atoms with van der Waals surface area (Å²) in [5, 5.41) is 3.66. The highest BCUT2D eigenvalue weighted by Gasteiger charge is 2.40. The Kier molecular flexibility index (Phi) is 9.30. The van der Waals surface area contributed by atoms with Crippen LogP contribution < -0.4 is 5.32 Å². The normalized spacial score (nSPS) is 14.2. The Hall–Kier alpha value is -1.39. The van der Waals surface area contributed by atoms with E-state index in [-0.39, 0.29) is 17.8 Å². The number of unbranched alkanes of at least 4 members (excludes halogenated alkanes) is 2. The molecule has 0 heterocycles. The molecular weight excluding hydrogens is 341 g/mol. The van der Waals surface area contributed by atoms with Gasteiger partial charge in [-0.05, 0) is 49.0 Å². The summed E-state index contributed by atoms with van der Waals surface area (Å²) < 4.78 is 19.0. The highest BCUT2D eigenvalue weighted by atomic mass is 28.4. The Morgan fingerprint density at radius 1 is 1.23 bits per heavy atom. The predicted molar refractivity (Wildman–Crippen MR) is 113 cm³/mol. The highest BCUT2D eigenvalue weighted by molar-refractivity contribution is 6.74. The SMILES string of the molecule is C=C[C@H](NCc1ccccc1)/C(=C/CCCCF)O[Si](C)(C)C(C)(C)C. The molecule has 0 aliphatic heterocycles. The number of allylic oxidation sites excluding steroid dienone is 1. The molecule has 0 aliphatic rings. The second-order valence-electron chi connectivity index (χ2n) is 8.23. The minimum Gasteiger partial charge on any atom is -0.545 e. The molecule has 0 aliphatic carbocycles. The summed E-state index contributed by atoms with van der Waals surface area (Å²) in [6, 6.07) is 10.3. The van der Waals surface area contributed by atoms with Gasteiger partial charge in [0.15, 0.2) is 0 Å². The summed E-state index contributed by atoms with van der Waals surface area (Å²) in [5.74, 6) is 0.932. The van der Waals surface area contributed by atoms with Gasteiger partial charge in [0.05, 0.1) is 18.5 Å². The zero-order chi connectivity index (χ0) is 19.6. The van der Waals surface area contributed by atoms with Crippen molar-refractivity contribution in [3.63, 3.8) is 0 Å². The molecule has 0 aromatic heterocycles. The van der Waals surface area contributed by atoms with Gasteiger partial charge < -0.3 is 9.74 Å². The topological polar surface area (TPSA) is 21.3 Å². The lowest BCUT2D eigenvalue weighted by atomic mass is 10.1. The quantitative estimate of drug-likeness (QED) is 0.209. The van der Waals surface area contributed by atoms with Crippen LogP contribution in [0.5, 0.6) is 0 Å². The molecule has 0 saturated carbocycles. The minimum absolute atomic E-state index is 0.0466. The summed E-state index contributed by atoms with van der Waals surface area (Å²) >= 11 is 0. The molecule has 1 aromatic rings. The van der Waals surface area contributed by atoms with Gasteiger partial charge in [0.25, 0.3) is 0 Å². The lowest BCUT2D eigenvalue weighted by Crippen LogP contribution is -2.43. The molecule has 0 radical (unpaired) electrons. The predicted octanol–water partition coefficient (Wildman–Crippen LogP) is 6.38. The molecular formula is C22H36FNOSi. The van der Waals surface area contributed by atoms with E-state index in [1.807, 2.05) is 24.3 Å². The van der Waals surface area contributed by atoms with Crippen molar-refractivity contribution in [1.82, 2.24) is 5.32 Å². The van der Waals surface area contributed by atoms with Crippen molar-refractivity contribution >= 4 is 8.32 Å². The molecule has 1 aromatic carbocycles. The Bertz CT molecular complexity index is 563. The van der Waals surface area contributed by atoms with Crippen molar-refractivity contribution in [2.75, 3.05) is 6.67 Å². The van der Waals surface area contributed by atoms with Crippen LogP contribution in [-0.2, 0) is 11.0 Å². The zero-order valence-corrected chi connectivity index (χ0v) is 18.1. The summed E-state index contributed by atoms with van der Waals surface area (Å²) in [6.07, 6.45) is 6.28. The smallest absolute Gasteiger partial charge is 0.250 e. The summed E-state index contributed by atoms with van der Waals surface area (Å²) in [5.41, 5.74) is 1.23. The van der Waals surface area contributed by atoms with Crippen LogP contribution in [0.2, 0.25) is 18.1 Å². The fourth-order valence-electron chi connectivity index (χ4n) is 2.29. The second kappa shape index (κ2) is 10.7. The molecule has 146 valence electrons. The van der Waals surface area contributed by atoms with Crippen molar-refractivity contribution < 1.29 is 8.82 Å². The van der Waals surface area contributed by atoms with E-state index >= 15 is 0 Å². The number of rotatable bonds is 11. The van der Waals surface area contributed by atoms with Gasteiger partial charge in [-0.25, -0.2) is 0 Å². The van der Waals surface area contributed by atoms with Crippen LogP contribution in [0.4, 0.5) is 4.39 Å². The first-order valence-corrected chi connectivity index (χ1v) is 12.5. The van der Waals surface area contributed by atoms with Gasteiger partial charge in [0.1, 0.15) is 0 Å². The fraction of sp³-hybridized carbons (Fsp3) is 0.545. The third kappa shape index (κ3) is 7.46. The van der Waals surface area contributed by atoms with Gasteiger partial charge in [0, 0.05) is 6.54 Å². The first kappa shape index (κ1) is 22.6. The molecule has 2 nitrogen and oxygen atoms in total. The summed E-state index contributed by atoms with van der Waals surface area (Å²) in [4.78, 5) is 0. The average molecular weight is 378 g/mol. The number of nitrogens with one attached hydrogen (secondary N) is 1. The molecule has 0 amide bonds. The molecule has 0 saturated heterocycles. The summed E-state index contributed by atoms with van der Waals surface area (Å²) in [6.45, 7) is 15.7. The maximum absolute atomic E-state index is 12.4. The minimum atomic E-state index is -1.95. The number of alkyl halides is 1. The van der Waals surface area contributed by atoms with Crippen LogP contribution >= 0.6 is 0 Å². The molecule has 0 unspecified atom stereocenters. The first-order valence-electron chi connectivity index (χ1n) is 9.56. The Morgan fingerprint density at radius 2 is 1.88 bits per heavy atom. The van der Waals surface area contributed by atoms with E-state index < -0.39 is 8.32 Å². The maximum atomic E-state index is 12.4. The van der Waals surface area contributed by atoms with Gasteiger partial charge in [-0.1, -0.05) is 57.2 Å². The standard InChI is InChI=1S/C22H36FNOSi/c1-7-20(24-18-19-14-10-8-11-15-19)21(16-12-9-13-17-23)25-26(5,6)22(2,3)4/h7-8,10-11,14-16,20,24H,1,9,12-13,17-18H2,2-6H3/b21-16-/t20-/m0/s1. The highest BCUT2D eigenvalue weighted by Crippen LogP contribution is 2.38. The third-order valence-corrected chi connectivity index (χ3v) is 9.38. The number of hydrogen-bond acceptors (Lipinski definition) is 2. The maximum Gasteiger partial charge on any atom is 0.250 e. The van der Waals surface area contributed by atoms with Crippen molar-refractivity contribution in [2.24, 2.45) is 0 Å². The van der Waals surface area contributed by atoms with Crippen molar-refractivity contribution in [2.45, 2.75) is 70.8 Å². The van der Waals surface area contributed by atoms with E-state index in [9.17, 15) is 4.39 Å². The van der Waals surface area contributed by atoms with E-state index in [0.29, 0.717) is 6.42 Å². The van der Waals surface area contributed by atoms with Gasteiger partial charge >= 0.3 is 0 Å². The van der Waals surface area contributed by atoms with Crippen molar-refractivity contribution in [1.29, 1.82) is 0 Å². The Labute approximate surface area is 160 Å². The molecule has 0 fully saturated rings. The molecule has 0 spiro atoms. The third-order valence-electron chi connectivity index (χ3n) is 5.02. The molecule has 4 heteroatoms. The molecule has 1 atom stereocenters. The average Bonchev–Trinajstić information content (AvgIpc) is 2.58. The van der Waals surface area contributed by atoms with Crippen LogP contribution in [0, 0.1) is 0 Å². The molecule has 1 rings (SSSR count). The number of halogens is 1. The van der Waals surface area contributed by atoms with Crippen LogP contribution in [0.15, 0.2) is 54.8 Å². The number of hydrogen-bond donors (Lipinski definition) is 1. The largest absolute Gasteiger partial charge is 0.545 e. The van der Waals surface area contributed by atoms with Crippen LogP contribution in [-0.4, -0.2) is 21.0 Å². The Morgan fingerprint density at radius 3 is 2.42 bits per heavy atom. The number of benzene rings is 1. The van der Waals surface area contributed by atoms with E-state index in [1.54, 1.807) is 0 Å². The first-order chi connectivity index (χ1) is 12.2. The van der Waals surface area contributed by atoms with Gasteiger partial charge in [0.2, 0.25) is 8.32 Å². The fourth-order valence-corrected chi connectivity index (χ4v) is 3.39. The van der Waals surface area contributed by atoms with E-state index in [4.69, 9.17) is 4.43 Å². The molecule has 1 N–H and O–H groups in total. The van der Waals surface area contributed by atoms with Crippen LogP contribution in [0.3, 0.4) is 0 Å². The van der Waals surface area contributed by atoms with Crippen molar-refractivity contribution in [3.8, 4) is 0 Å². The van der Waals surface area contributed by atoms with Gasteiger partial charge in [-0.15, -0.1) is 6.58 Å². The van der Waals surface area contributed by atoms with Gasteiger partial charge in [-0.2, -0.15) is 0 Å². The van der Waals surface area contributed by atoms with Crippen LogP contribution in [0.25, 0.3) is 0 Å². The summed E-state index contributed by atoms with van der Waals surface area (Å²) in [7, 11) is -1.95. The molecule has 26 heavy (non-hydrogen) atoms. The monoisotopic (exact) mass is 377 g/mol. The van der Waals surface area contributed by atoms with E-state index in [0.717, 1.165) is 25.1 Å². The zero-order valence-electron chi connectivity index (χ0n) is 17.1. The second-order valence-corrected chi connectivity index (χ2v) is 13.0. The molecule has 0 bridgehead atoms. The van der Waals surface area contributed by atoms with Crippen molar-refractivity contribution in [3.05, 3.63) is 60.4 Å².